The number of hydrogen-bond donors (Lipinski definition) is 2. The summed E-state index contributed by atoms with van der Waals surface area (Å²) in [6.07, 6.45) is 2.88. The van der Waals surface area contributed by atoms with Gasteiger partial charge in [-0.2, -0.15) is 0 Å². The van der Waals surface area contributed by atoms with Crippen LogP contribution in [0, 0.1) is 0 Å². The number of benzene rings is 1. The fourth-order valence-corrected chi connectivity index (χ4v) is 1.83. The standard InChI is InChI=1S/C14H19NO4/c1-18-12-6-2-9(11(15)5-7-14(16)17)8-13(12)19-10-3-4-10/h2,6,8,10-11H,3-5,7,15H2,1H3,(H,16,17). The average molecular weight is 265 g/mol. The predicted octanol–water partition coefficient (Wildman–Crippen LogP) is 2.10. The molecule has 1 aromatic carbocycles. The van der Waals surface area contributed by atoms with E-state index in [0.717, 1.165) is 18.4 Å². The summed E-state index contributed by atoms with van der Waals surface area (Å²) in [6, 6.07) is 5.21. The summed E-state index contributed by atoms with van der Waals surface area (Å²) in [7, 11) is 1.60. The first-order valence-corrected chi connectivity index (χ1v) is 6.42. The Kier molecular flexibility index (Phi) is 4.27. The van der Waals surface area contributed by atoms with Crippen LogP contribution >= 0.6 is 0 Å². The zero-order valence-corrected chi connectivity index (χ0v) is 11.0. The minimum atomic E-state index is -0.835. The van der Waals surface area contributed by atoms with Crippen molar-refractivity contribution in [1.29, 1.82) is 0 Å². The summed E-state index contributed by atoms with van der Waals surface area (Å²) < 4.78 is 11.0. The van der Waals surface area contributed by atoms with Gasteiger partial charge in [0, 0.05) is 12.5 Å². The topological polar surface area (TPSA) is 81.8 Å². The van der Waals surface area contributed by atoms with E-state index in [0.29, 0.717) is 17.9 Å². The lowest BCUT2D eigenvalue weighted by atomic mass is 10.0. The van der Waals surface area contributed by atoms with E-state index in [1.807, 2.05) is 18.2 Å². The van der Waals surface area contributed by atoms with Crippen molar-refractivity contribution in [3.63, 3.8) is 0 Å². The van der Waals surface area contributed by atoms with Crippen molar-refractivity contribution in [2.24, 2.45) is 5.73 Å². The molecule has 0 aliphatic heterocycles. The van der Waals surface area contributed by atoms with Crippen molar-refractivity contribution in [3.05, 3.63) is 23.8 Å². The molecule has 0 amide bonds. The number of hydrogen-bond acceptors (Lipinski definition) is 4. The third-order valence-electron chi connectivity index (χ3n) is 3.10. The van der Waals surface area contributed by atoms with Crippen LogP contribution in [-0.2, 0) is 4.79 Å². The van der Waals surface area contributed by atoms with E-state index in [1.54, 1.807) is 7.11 Å². The first kappa shape index (κ1) is 13.7. The maximum absolute atomic E-state index is 10.6. The summed E-state index contributed by atoms with van der Waals surface area (Å²) >= 11 is 0. The van der Waals surface area contributed by atoms with Crippen LogP contribution in [0.25, 0.3) is 0 Å². The van der Waals surface area contributed by atoms with E-state index in [4.69, 9.17) is 20.3 Å². The van der Waals surface area contributed by atoms with E-state index in [2.05, 4.69) is 0 Å². The zero-order valence-electron chi connectivity index (χ0n) is 11.0. The van der Waals surface area contributed by atoms with Crippen LogP contribution in [0.4, 0.5) is 0 Å². The Labute approximate surface area is 112 Å². The molecule has 1 fully saturated rings. The number of ether oxygens (including phenoxy) is 2. The molecule has 0 saturated heterocycles. The van der Waals surface area contributed by atoms with Crippen molar-refractivity contribution in [1.82, 2.24) is 0 Å². The third kappa shape index (κ3) is 3.86. The maximum atomic E-state index is 10.6. The van der Waals surface area contributed by atoms with Gasteiger partial charge in [0.1, 0.15) is 0 Å². The van der Waals surface area contributed by atoms with Crippen LogP contribution < -0.4 is 15.2 Å². The highest BCUT2D eigenvalue weighted by atomic mass is 16.5. The summed E-state index contributed by atoms with van der Waals surface area (Å²) in [5.74, 6) is 0.535. The fourth-order valence-electron chi connectivity index (χ4n) is 1.83. The lowest BCUT2D eigenvalue weighted by molar-refractivity contribution is -0.137. The lowest BCUT2D eigenvalue weighted by Gasteiger charge is -2.15. The van der Waals surface area contributed by atoms with E-state index in [-0.39, 0.29) is 18.6 Å². The van der Waals surface area contributed by atoms with Gasteiger partial charge < -0.3 is 20.3 Å². The second-order valence-electron chi connectivity index (χ2n) is 4.77. The van der Waals surface area contributed by atoms with Gasteiger partial charge in [0.05, 0.1) is 13.2 Å². The van der Waals surface area contributed by atoms with Crippen molar-refractivity contribution in [3.8, 4) is 11.5 Å². The first-order chi connectivity index (χ1) is 9.10. The molecule has 1 saturated carbocycles. The third-order valence-corrected chi connectivity index (χ3v) is 3.10. The Bertz CT molecular complexity index is 457. The van der Waals surface area contributed by atoms with Gasteiger partial charge in [-0.3, -0.25) is 4.79 Å². The highest BCUT2D eigenvalue weighted by Gasteiger charge is 2.25. The van der Waals surface area contributed by atoms with Crippen LogP contribution in [-0.4, -0.2) is 24.3 Å². The number of carbonyl (C=O) groups is 1. The molecule has 0 bridgehead atoms. The molecule has 0 aromatic heterocycles. The van der Waals surface area contributed by atoms with Crippen molar-refractivity contribution < 1.29 is 19.4 Å². The molecule has 5 heteroatoms. The molecule has 1 atom stereocenters. The Morgan fingerprint density at radius 3 is 2.79 bits per heavy atom. The van der Waals surface area contributed by atoms with Crippen LogP contribution in [0.1, 0.15) is 37.3 Å². The first-order valence-electron chi connectivity index (χ1n) is 6.42. The van der Waals surface area contributed by atoms with E-state index < -0.39 is 5.97 Å². The molecule has 104 valence electrons. The van der Waals surface area contributed by atoms with Crippen molar-refractivity contribution in [2.75, 3.05) is 7.11 Å². The van der Waals surface area contributed by atoms with Gasteiger partial charge in [-0.15, -0.1) is 0 Å². The number of methoxy groups -OCH3 is 1. The van der Waals surface area contributed by atoms with Gasteiger partial charge in [-0.05, 0) is 37.0 Å². The van der Waals surface area contributed by atoms with E-state index in [9.17, 15) is 4.79 Å². The normalized spacial score (nSPS) is 15.9. The molecule has 5 nitrogen and oxygen atoms in total. The maximum Gasteiger partial charge on any atom is 0.303 e. The second-order valence-corrected chi connectivity index (χ2v) is 4.77. The number of carboxylic acid groups (broad SMARTS) is 1. The highest BCUT2D eigenvalue weighted by molar-refractivity contribution is 5.66. The average Bonchev–Trinajstić information content (AvgIpc) is 3.19. The highest BCUT2D eigenvalue weighted by Crippen LogP contribution is 2.35. The van der Waals surface area contributed by atoms with Gasteiger partial charge in [0.25, 0.3) is 0 Å². The summed E-state index contributed by atoms with van der Waals surface area (Å²) in [5.41, 5.74) is 6.86. The fraction of sp³-hybridized carbons (Fsp3) is 0.500. The summed E-state index contributed by atoms with van der Waals surface area (Å²) in [4.78, 5) is 10.6. The molecular weight excluding hydrogens is 246 g/mol. The second kappa shape index (κ2) is 5.93. The van der Waals surface area contributed by atoms with Crippen LogP contribution in [0.3, 0.4) is 0 Å². The summed E-state index contributed by atoms with van der Waals surface area (Å²) in [6.45, 7) is 0. The molecule has 1 aliphatic carbocycles. The van der Waals surface area contributed by atoms with Crippen molar-refractivity contribution in [2.45, 2.75) is 37.8 Å². The van der Waals surface area contributed by atoms with Gasteiger partial charge >= 0.3 is 5.97 Å². The minimum Gasteiger partial charge on any atom is -0.493 e. The summed E-state index contributed by atoms with van der Waals surface area (Å²) in [5, 5.41) is 8.67. The number of aliphatic carboxylic acids is 1. The van der Waals surface area contributed by atoms with Crippen LogP contribution in [0.5, 0.6) is 11.5 Å². The molecule has 0 spiro atoms. The Morgan fingerprint density at radius 1 is 1.47 bits per heavy atom. The smallest absolute Gasteiger partial charge is 0.303 e. The molecular formula is C14H19NO4. The van der Waals surface area contributed by atoms with Crippen molar-refractivity contribution >= 4 is 5.97 Å². The number of nitrogens with two attached hydrogens (primary N) is 1. The number of rotatable bonds is 7. The van der Waals surface area contributed by atoms with Gasteiger partial charge in [-0.25, -0.2) is 0 Å². The Balaban J connectivity index is 2.09. The van der Waals surface area contributed by atoms with Crippen LogP contribution in [0.15, 0.2) is 18.2 Å². The Morgan fingerprint density at radius 2 is 2.21 bits per heavy atom. The SMILES string of the molecule is COc1ccc(C(N)CCC(=O)O)cc1OC1CC1. The largest absolute Gasteiger partial charge is 0.493 e. The van der Waals surface area contributed by atoms with E-state index in [1.165, 1.54) is 0 Å². The molecule has 19 heavy (non-hydrogen) atoms. The predicted molar refractivity (Wildman–Crippen MR) is 70.4 cm³/mol. The molecule has 1 aliphatic rings. The van der Waals surface area contributed by atoms with Gasteiger partial charge in [0.15, 0.2) is 11.5 Å². The molecule has 0 radical (unpaired) electrons. The van der Waals surface area contributed by atoms with Crippen LogP contribution in [0.2, 0.25) is 0 Å². The van der Waals surface area contributed by atoms with E-state index >= 15 is 0 Å². The molecule has 1 aromatic rings. The lowest BCUT2D eigenvalue weighted by Crippen LogP contribution is -2.12. The number of carboxylic acids is 1. The Hall–Kier alpha value is -1.75. The molecule has 2 rings (SSSR count). The van der Waals surface area contributed by atoms with Gasteiger partial charge in [0.2, 0.25) is 0 Å². The monoisotopic (exact) mass is 265 g/mol. The quantitative estimate of drug-likeness (QED) is 0.789. The molecule has 3 N–H and O–H groups in total. The minimum absolute atomic E-state index is 0.0615. The molecule has 0 heterocycles. The molecule has 1 unspecified atom stereocenters. The zero-order chi connectivity index (χ0) is 13.8. The van der Waals surface area contributed by atoms with Gasteiger partial charge in [-0.1, -0.05) is 6.07 Å².